The monoisotopic (exact) mass is 1220 g/mol. The number of fused-ring (bicyclic) bond motifs is 2. The smallest absolute Gasteiger partial charge is 0.119 e. The van der Waals surface area contributed by atoms with Gasteiger partial charge in [0.1, 0.15) is 23.0 Å². The van der Waals surface area contributed by atoms with Gasteiger partial charge in [-0.15, -0.1) is 0 Å². The second-order valence-electron chi connectivity index (χ2n) is 23.2. The maximum Gasteiger partial charge on any atom is 0.119 e. The molecule has 0 fully saturated rings. The molecule has 0 aromatic heterocycles. The number of anilines is 11. The largest absolute Gasteiger partial charge is 0.497 e. The Hall–Kier alpha value is -11.7. The highest BCUT2D eigenvalue weighted by molar-refractivity contribution is 6.00. The van der Waals surface area contributed by atoms with Crippen LogP contribution in [0.25, 0.3) is 49.4 Å². The van der Waals surface area contributed by atoms with E-state index in [-0.39, 0.29) is 6.04 Å². The minimum absolute atomic E-state index is 0.0643. The molecule has 0 saturated heterocycles. The molecule has 13 aromatic carbocycles. The molecule has 0 saturated carbocycles. The lowest BCUT2D eigenvalue weighted by atomic mass is 9.95. The summed E-state index contributed by atoms with van der Waals surface area (Å²) in [5, 5.41) is 4.75. The van der Waals surface area contributed by atoms with E-state index in [0.29, 0.717) is 13.2 Å². The Labute approximate surface area is 551 Å². The summed E-state index contributed by atoms with van der Waals surface area (Å²) >= 11 is 0. The number of benzene rings is 13. The normalized spacial score (nSPS) is 12.6. The minimum atomic E-state index is 0.0643. The lowest BCUT2D eigenvalue weighted by Gasteiger charge is -2.33. The lowest BCUT2D eigenvalue weighted by Crippen LogP contribution is -2.30. The standard InChI is InChI=1S/C86H72N4O4/c1-5-93-81-57-49-77(50-58-81)89(85-19-11-15-67-13-7-9-17-83(67)85)75-41-29-65(30-42-75)63-25-37-71(38-26-63)87(73-45-53-79(91-3)54-46-73)69-33-21-61(22-34-69)62-23-35-70(36-24-62)88(74-47-55-80(92-4)56-48-74)72-39-27-64(28-40-72)66-31-43-76(44-32-66)90(78-51-59-82(60-52-78)94-6-2)86-20-12-16-68-14-8-10-18-84(68)86/h7-39,41-60,72H,5-6,40H2,1-4H3. The molecule has 1 unspecified atom stereocenters. The van der Waals surface area contributed by atoms with Crippen molar-refractivity contribution in [2.24, 2.45) is 0 Å². The van der Waals surface area contributed by atoms with Crippen LogP contribution in [0.5, 0.6) is 23.0 Å². The van der Waals surface area contributed by atoms with Crippen LogP contribution in [-0.2, 0) is 0 Å². The van der Waals surface area contributed by atoms with Crippen molar-refractivity contribution in [1.29, 1.82) is 0 Å². The third kappa shape index (κ3) is 12.6. The van der Waals surface area contributed by atoms with Crippen LogP contribution in [0.4, 0.5) is 62.6 Å². The highest BCUT2D eigenvalue weighted by Gasteiger charge is 2.24. The zero-order chi connectivity index (χ0) is 63.7. The van der Waals surface area contributed by atoms with Crippen LogP contribution in [0, 0.1) is 0 Å². The van der Waals surface area contributed by atoms with Gasteiger partial charge in [0.05, 0.1) is 44.8 Å². The van der Waals surface area contributed by atoms with E-state index < -0.39 is 0 Å². The van der Waals surface area contributed by atoms with Gasteiger partial charge in [-0.25, -0.2) is 0 Å². The molecule has 0 amide bonds. The molecule has 0 radical (unpaired) electrons. The van der Waals surface area contributed by atoms with Gasteiger partial charge in [0, 0.05) is 62.0 Å². The number of allylic oxidation sites excluding steroid dienone is 2. The minimum Gasteiger partial charge on any atom is -0.497 e. The molecule has 1 atom stereocenters. The predicted molar refractivity (Wildman–Crippen MR) is 392 cm³/mol. The maximum atomic E-state index is 5.84. The van der Waals surface area contributed by atoms with Gasteiger partial charge in [-0.05, 0) is 234 Å². The van der Waals surface area contributed by atoms with Gasteiger partial charge in [-0.3, -0.25) is 0 Å². The van der Waals surface area contributed by atoms with Crippen LogP contribution in [0.1, 0.15) is 25.8 Å². The van der Waals surface area contributed by atoms with E-state index in [4.69, 9.17) is 18.9 Å². The van der Waals surface area contributed by atoms with E-state index in [9.17, 15) is 0 Å². The van der Waals surface area contributed by atoms with Crippen LogP contribution in [0.2, 0.25) is 0 Å². The van der Waals surface area contributed by atoms with E-state index in [2.05, 4.69) is 305 Å². The van der Waals surface area contributed by atoms with Crippen molar-refractivity contribution in [1.82, 2.24) is 0 Å². The summed E-state index contributed by atoms with van der Waals surface area (Å²) in [7, 11) is 3.42. The van der Waals surface area contributed by atoms with Gasteiger partial charge in [0.15, 0.2) is 0 Å². The predicted octanol–water partition coefficient (Wildman–Crippen LogP) is 23.1. The van der Waals surface area contributed by atoms with Crippen LogP contribution in [0.3, 0.4) is 0 Å². The molecule has 460 valence electrons. The van der Waals surface area contributed by atoms with Crippen molar-refractivity contribution in [2.45, 2.75) is 26.3 Å². The van der Waals surface area contributed by atoms with Crippen molar-refractivity contribution in [2.75, 3.05) is 47.0 Å². The Bertz CT molecular complexity index is 4750. The third-order valence-electron chi connectivity index (χ3n) is 17.6. The number of methoxy groups -OCH3 is 2. The molecule has 0 heterocycles. The number of ether oxygens (including phenoxy) is 4. The Morgan fingerprint density at radius 2 is 0.617 bits per heavy atom. The third-order valence-corrected chi connectivity index (χ3v) is 17.6. The van der Waals surface area contributed by atoms with E-state index in [0.717, 1.165) is 114 Å². The van der Waals surface area contributed by atoms with Crippen molar-refractivity contribution in [3.63, 3.8) is 0 Å². The second-order valence-corrected chi connectivity index (χ2v) is 23.2. The molecule has 0 aliphatic heterocycles. The average molecular weight is 1230 g/mol. The van der Waals surface area contributed by atoms with Crippen LogP contribution in [-0.4, -0.2) is 33.5 Å². The summed E-state index contributed by atoms with van der Waals surface area (Å²) in [6, 6.07) is 108. The summed E-state index contributed by atoms with van der Waals surface area (Å²) in [5.41, 5.74) is 18.6. The summed E-state index contributed by atoms with van der Waals surface area (Å²) in [5.74, 6) is 3.33. The fraction of sp³-hybridized carbons (Fsp3) is 0.0930. The molecule has 8 nitrogen and oxygen atoms in total. The molecule has 13 aromatic rings. The van der Waals surface area contributed by atoms with Crippen molar-refractivity contribution < 1.29 is 18.9 Å². The van der Waals surface area contributed by atoms with Crippen molar-refractivity contribution >= 4 is 89.7 Å². The first-order chi connectivity index (χ1) is 46.4. The summed E-state index contributed by atoms with van der Waals surface area (Å²) in [4.78, 5) is 9.38. The van der Waals surface area contributed by atoms with Crippen LogP contribution >= 0.6 is 0 Å². The molecule has 1 aliphatic carbocycles. The summed E-state index contributed by atoms with van der Waals surface area (Å²) in [6.45, 7) is 5.26. The Morgan fingerprint density at radius 3 is 0.968 bits per heavy atom. The quantitative estimate of drug-likeness (QED) is 0.0705. The number of hydrogen-bond acceptors (Lipinski definition) is 8. The molecule has 1 aliphatic rings. The molecule has 8 heteroatoms. The lowest BCUT2D eigenvalue weighted by molar-refractivity contribution is 0.340. The topological polar surface area (TPSA) is 49.9 Å². The van der Waals surface area contributed by atoms with Gasteiger partial charge in [-0.2, -0.15) is 0 Å². The Kier molecular flexibility index (Phi) is 17.4. The number of hydrogen-bond donors (Lipinski definition) is 0. The highest BCUT2D eigenvalue weighted by atomic mass is 16.5. The molecular formula is C86H72N4O4. The first kappa shape index (κ1) is 59.9. The average Bonchev–Trinajstić information content (AvgIpc) is 1.14. The van der Waals surface area contributed by atoms with Crippen LogP contribution < -0.4 is 38.5 Å². The molecule has 94 heavy (non-hydrogen) atoms. The van der Waals surface area contributed by atoms with Gasteiger partial charge in [0.2, 0.25) is 0 Å². The summed E-state index contributed by atoms with van der Waals surface area (Å²) in [6.07, 6.45) is 7.81. The van der Waals surface area contributed by atoms with E-state index >= 15 is 0 Å². The molecule has 0 bridgehead atoms. The van der Waals surface area contributed by atoms with Gasteiger partial charge >= 0.3 is 0 Å². The van der Waals surface area contributed by atoms with Crippen molar-refractivity contribution in [3.8, 4) is 45.3 Å². The van der Waals surface area contributed by atoms with Gasteiger partial charge < -0.3 is 38.5 Å². The fourth-order valence-electron chi connectivity index (χ4n) is 12.9. The van der Waals surface area contributed by atoms with Gasteiger partial charge in [0.25, 0.3) is 0 Å². The van der Waals surface area contributed by atoms with Crippen LogP contribution in [0.15, 0.2) is 322 Å². The van der Waals surface area contributed by atoms with E-state index in [1.54, 1.807) is 14.2 Å². The molecular weight excluding hydrogens is 1150 g/mol. The zero-order valence-corrected chi connectivity index (χ0v) is 53.2. The first-order valence-electron chi connectivity index (χ1n) is 32.2. The number of nitrogens with zero attached hydrogens (tertiary/aromatic N) is 4. The first-order valence-corrected chi connectivity index (χ1v) is 32.2. The van der Waals surface area contributed by atoms with Gasteiger partial charge in [-0.1, -0.05) is 152 Å². The maximum absolute atomic E-state index is 5.84. The number of rotatable bonds is 21. The Morgan fingerprint density at radius 1 is 0.309 bits per heavy atom. The Balaban J connectivity index is 0.705. The molecule has 0 spiro atoms. The second kappa shape index (κ2) is 27.4. The van der Waals surface area contributed by atoms with Crippen molar-refractivity contribution in [3.05, 3.63) is 327 Å². The fourth-order valence-corrected chi connectivity index (χ4v) is 12.9. The molecule has 14 rings (SSSR count). The van der Waals surface area contributed by atoms with E-state index in [1.165, 1.54) is 32.7 Å². The zero-order valence-electron chi connectivity index (χ0n) is 53.2. The molecule has 0 N–H and O–H groups in total. The summed E-state index contributed by atoms with van der Waals surface area (Å²) < 4.78 is 22.9. The SMILES string of the molecule is CCOc1ccc(N(c2ccc(C3=CCC(N(c4ccc(OC)cc4)c4ccc(-c5ccc(N(c6ccc(OC)cc6)c6ccc(-c7ccc(N(c8ccc(OCC)cc8)c8cccc9ccccc89)cc7)cc6)cc5)cc4)C=C3)cc2)c2cccc3ccccc23)cc1. The van der Waals surface area contributed by atoms with E-state index in [1.807, 2.05) is 50.2 Å². The highest BCUT2D eigenvalue weighted by Crippen LogP contribution is 2.44.